The summed E-state index contributed by atoms with van der Waals surface area (Å²) in [5, 5.41) is 27.7. The maximum Gasteiger partial charge on any atom is 0.133 e. The van der Waals surface area contributed by atoms with E-state index in [1.54, 1.807) is 18.2 Å². The molecule has 0 saturated heterocycles. The lowest BCUT2D eigenvalue weighted by Gasteiger charge is -2.06. The number of hydrogen-bond donors (Lipinski definition) is 3. The van der Waals surface area contributed by atoms with E-state index in [-0.39, 0.29) is 13.2 Å². The van der Waals surface area contributed by atoms with Gasteiger partial charge in [-0.3, -0.25) is 0 Å². The highest BCUT2D eigenvalue weighted by Gasteiger charge is 2.10. The molecule has 1 heterocycles. The van der Waals surface area contributed by atoms with Crippen molar-refractivity contribution in [2.75, 3.05) is 6.61 Å². The van der Waals surface area contributed by atoms with Crippen molar-refractivity contribution in [1.82, 2.24) is 0 Å². The lowest BCUT2D eigenvalue weighted by Crippen LogP contribution is -1.96. The van der Waals surface area contributed by atoms with Crippen molar-refractivity contribution in [1.29, 1.82) is 0 Å². The van der Waals surface area contributed by atoms with Crippen LogP contribution in [-0.2, 0) is 6.61 Å². The molecule has 0 radical (unpaired) electrons. The van der Waals surface area contributed by atoms with Gasteiger partial charge in [0.2, 0.25) is 0 Å². The number of rotatable bonds is 7. The zero-order valence-electron chi connectivity index (χ0n) is 11.5. The first-order valence-corrected chi connectivity index (χ1v) is 6.50. The zero-order chi connectivity index (χ0) is 14.3. The minimum atomic E-state index is -0.740. The van der Waals surface area contributed by atoms with Gasteiger partial charge in [0, 0.05) is 13.0 Å². The first-order valence-electron chi connectivity index (χ1n) is 6.50. The Balaban J connectivity index is 2.66. The molecule has 0 spiro atoms. The highest BCUT2D eigenvalue weighted by atomic mass is 16.4. The fourth-order valence-corrected chi connectivity index (χ4v) is 1.72. The summed E-state index contributed by atoms with van der Waals surface area (Å²) in [7, 11) is 0. The van der Waals surface area contributed by atoms with Gasteiger partial charge in [-0.05, 0) is 36.1 Å². The molecule has 106 valence electrons. The summed E-state index contributed by atoms with van der Waals surface area (Å²) < 4.78 is 5.25. The molecule has 4 heteroatoms. The van der Waals surface area contributed by atoms with Crippen LogP contribution in [0.5, 0.6) is 0 Å². The lowest BCUT2D eigenvalue weighted by molar-refractivity contribution is 0.145. The minimum Gasteiger partial charge on any atom is -0.461 e. The number of hydrogen-bond acceptors (Lipinski definition) is 4. The molecule has 0 fully saturated rings. The van der Waals surface area contributed by atoms with Gasteiger partial charge in [-0.2, -0.15) is 0 Å². The van der Waals surface area contributed by atoms with Crippen LogP contribution in [-0.4, -0.2) is 21.9 Å². The van der Waals surface area contributed by atoms with Gasteiger partial charge in [0.05, 0.1) is 0 Å². The van der Waals surface area contributed by atoms with Crippen LogP contribution in [0.4, 0.5) is 0 Å². The molecule has 0 unspecified atom stereocenters. The molecule has 4 nitrogen and oxygen atoms in total. The van der Waals surface area contributed by atoms with E-state index in [1.807, 2.05) is 13.8 Å². The largest absolute Gasteiger partial charge is 0.461 e. The SMILES string of the molecule is CC(C)C(=C=CC[C@H](O)c1ccc(CO)o1)CCO. The number of aliphatic hydroxyl groups is 3. The van der Waals surface area contributed by atoms with Crippen molar-refractivity contribution in [2.45, 2.75) is 39.4 Å². The normalized spacial score (nSPS) is 12.3. The Labute approximate surface area is 113 Å². The van der Waals surface area contributed by atoms with Crippen molar-refractivity contribution in [3.05, 3.63) is 41.0 Å². The Morgan fingerprint density at radius 1 is 1.37 bits per heavy atom. The summed E-state index contributed by atoms with van der Waals surface area (Å²) in [4.78, 5) is 0. The van der Waals surface area contributed by atoms with Crippen LogP contribution >= 0.6 is 0 Å². The van der Waals surface area contributed by atoms with Crippen LogP contribution in [0.25, 0.3) is 0 Å². The Kier molecular flexibility index (Phi) is 6.60. The molecule has 3 N–H and O–H groups in total. The molecule has 0 amide bonds. The van der Waals surface area contributed by atoms with Crippen LogP contribution in [0.1, 0.15) is 44.3 Å². The molecular formula is C15H22O4. The van der Waals surface area contributed by atoms with Gasteiger partial charge >= 0.3 is 0 Å². The molecule has 0 aromatic carbocycles. The van der Waals surface area contributed by atoms with Gasteiger partial charge in [0.15, 0.2) is 0 Å². The van der Waals surface area contributed by atoms with Crippen molar-refractivity contribution < 1.29 is 19.7 Å². The first-order chi connectivity index (χ1) is 9.08. The van der Waals surface area contributed by atoms with Crippen LogP contribution in [0.15, 0.2) is 33.9 Å². The average Bonchev–Trinajstić information content (AvgIpc) is 2.86. The molecular weight excluding hydrogens is 244 g/mol. The van der Waals surface area contributed by atoms with E-state index in [4.69, 9.17) is 14.6 Å². The summed E-state index contributed by atoms with van der Waals surface area (Å²) in [5.74, 6) is 1.21. The maximum atomic E-state index is 9.91. The number of aliphatic hydroxyl groups excluding tert-OH is 3. The Bertz CT molecular complexity index is 439. The third-order valence-electron chi connectivity index (χ3n) is 2.87. The van der Waals surface area contributed by atoms with Gasteiger partial charge in [-0.15, -0.1) is 5.73 Å². The summed E-state index contributed by atoms with van der Waals surface area (Å²) in [6.45, 7) is 4.02. The van der Waals surface area contributed by atoms with Crippen LogP contribution in [0.3, 0.4) is 0 Å². The maximum absolute atomic E-state index is 9.91. The second-order valence-electron chi connectivity index (χ2n) is 4.72. The smallest absolute Gasteiger partial charge is 0.133 e. The van der Waals surface area contributed by atoms with E-state index >= 15 is 0 Å². The van der Waals surface area contributed by atoms with Gasteiger partial charge in [0.1, 0.15) is 24.2 Å². The Hall–Kier alpha value is -1.32. The monoisotopic (exact) mass is 266 g/mol. The van der Waals surface area contributed by atoms with Crippen LogP contribution in [0, 0.1) is 5.92 Å². The standard InChI is InChI=1S/C15H22O4/c1-11(2)12(8-9-16)4-3-5-14(18)15-7-6-13(10-17)19-15/h3,6-7,11,14,16-18H,5,8-10H2,1-2H3/t4?,14-/m0/s1. The molecule has 1 aromatic rings. The van der Waals surface area contributed by atoms with Gasteiger partial charge in [-0.1, -0.05) is 13.8 Å². The second kappa shape index (κ2) is 7.97. The van der Waals surface area contributed by atoms with E-state index in [1.165, 1.54) is 0 Å². The molecule has 0 aliphatic heterocycles. The van der Waals surface area contributed by atoms with E-state index in [9.17, 15) is 5.11 Å². The van der Waals surface area contributed by atoms with Crippen LogP contribution in [0.2, 0.25) is 0 Å². The molecule has 0 aliphatic rings. The molecule has 0 saturated carbocycles. The number of furan rings is 1. The molecule has 0 aliphatic carbocycles. The van der Waals surface area contributed by atoms with E-state index in [2.05, 4.69) is 5.73 Å². The second-order valence-corrected chi connectivity index (χ2v) is 4.72. The fourth-order valence-electron chi connectivity index (χ4n) is 1.72. The first kappa shape index (κ1) is 15.7. The summed E-state index contributed by atoms with van der Waals surface area (Å²) in [5.41, 5.74) is 4.15. The van der Waals surface area contributed by atoms with E-state index in [0.717, 1.165) is 5.57 Å². The topological polar surface area (TPSA) is 73.8 Å². The Morgan fingerprint density at radius 3 is 2.63 bits per heavy atom. The van der Waals surface area contributed by atoms with Gasteiger partial charge in [0.25, 0.3) is 0 Å². The summed E-state index contributed by atoms with van der Waals surface area (Å²) >= 11 is 0. The van der Waals surface area contributed by atoms with E-state index < -0.39 is 6.10 Å². The van der Waals surface area contributed by atoms with Crippen molar-refractivity contribution >= 4 is 0 Å². The summed E-state index contributed by atoms with van der Waals surface area (Å²) in [6, 6.07) is 3.30. The zero-order valence-corrected chi connectivity index (χ0v) is 11.5. The highest BCUT2D eigenvalue weighted by Crippen LogP contribution is 2.20. The fraction of sp³-hybridized carbons (Fsp3) is 0.533. The highest BCUT2D eigenvalue weighted by molar-refractivity contribution is 5.11. The summed E-state index contributed by atoms with van der Waals surface area (Å²) in [6.07, 6.45) is 2.01. The molecule has 1 aromatic heterocycles. The van der Waals surface area contributed by atoms with E-state index in [0.29, 0.717) is 30.3 Å². The van der Waals surface area contributed by atoms with Gasteiger partial charge < -0.3 is 19.7 Å². The average molecular weight is 266 g/mol. The minimum absolute atomic E-state index is 0.106. The predicted molar refractivity (Wildman–Crippen MR) is 72.3 cm³/mol. The predicted octanol–water partition coefficient (Wildman–Crippen LogP) is 2.32. The third kappa shape index (κ3) is 5.05. The van der Waals surface area contributed by atoms with Gasteiger partial charge in [-0.25, -0.2) is 0 Å². The Morgan fingerprint density at radius 2 is 2.11 bits per heavy atom. The third-order valence-corrected chi connectivity index (χ3v) is 2.87. The molecule has 1 atom stereocenters. The van der Waals surface area contributed by atoms with Crippen molar-refractivity contribution in [2.24, 2.45) is 5.92 Å². The van der Waals surface area contributed by atoms with Crippen molar-refractivity contribution in [3.8, 4) is 0 Å². The molecule has 19 heavy (non-hydrogen) atoms. The molecule has 0 bridgehead atoms. The molecule has 1 rings (SSSR count). The quantitative estimate of drug-likeness (QED) is 0.662. The van der Waals surface area contributed by atoms with Crippen molar-refractivity contribution in [3.63, 3.8) is 0 Å². The lowest BCUT2D eigenvalue weighted by atomic mass is 10.0. The van der Waals surface area contributed by atoms with Crippen LogP contribution < -0.4 is 0 Å².